The molecule has 32 heavy (non-hydrogen) atoms. The van der Waals surface area contributed by atoms with Gasteiger partial charge in [0.05, 0.1) is 0 Å². The number of fused-ring (bicyclic) bond motifs is 1. The maximum atomic E-state index is 12.8. The fourth-order valence-corrected chi connectivity index (χ4v) is 4.83. The molecule has 2 aromatic rings. The van der Waals surface area contributed by atoms with E-state index in [1.165, 1.54) is 10.9 Å². The lowest BCUT2D eigenvalue weighted by atomic mass is 10.0. The average Bonchev–Trinajstić information content (AvgIpc) is 3.20. The molecule has 3 rings (SSSR count). The van der Waals surface area contributed by atoms with Crippen LogP contribution in [0.4, 0.5) is 0 Å². The molecule has 1 aliphatic heterocycles. The van der Waals surface area contributed by atoms with Gasteiger partial charge in [-0.05, 0) is 38.3 Å². The highest BCUT2D eigenvalue weighted by molar-refractivity contribution is 8.27. The van der Waals surface area contributed by atoms with Crippen LogP contribution in [0.25, 0.3) is 10.9 Å². The fourth-order valence-electron chi connectivity index (χ4n) is 4.15. The summed E-state index contributed by atoms with van der Waals surface area (Å²) in [7, 11) is 0. The molecule has 8 heteroatoms. The Morgan fingerprint density at radius 2 is 1.97 bits per heavy atom. The van der Waals surface area contributed by atoms with E-state index in [0.717, 1.165) is 69.1 Å². The first-order valence-electron chi connectivity index (χ1n) is 11.6. The molecule has 1 unspecified atom stereocenters. The number of H-pyrrole nitrogens is 1. The number of piperazine rings is 1. The minimum atomic E-state index is -0.276. The SMILES string of the molecule is CCCCC(Cc1c[nH]c2ccccc12)NC(=O)C(=[NH2+])SC(=N)N1CCN(C(C)C)CC1. The van der Waals surface area contributed by atoms with Gasteiger partial charge in [0.25, 0.3) is 0 Å². The first kappa shape index (κ1) is 24.3. The number of unbranched alkanes of at least 4 members (excludes halogenated alkanes) is 1. The van der Waals surface area contributed by atoms with Crippen molar-refractivity contribution in [3.63, 3.8) is 0 Å². The molecule has 1 fully saturated rings. The molecule has 174 valence electrons. The number of rotatable bonds is 7. The van der Waals surface area contributed by atoms with Gasteiger partial charge in [-0.3, -0.25) is 15.1 Å². The summed E-state index contributed by atoms with van der Waals surface area (Å²) >= 11 is 1.07. The van der Waals surface area contributed by atoms with E-state index in [9.17, 15) is 4.79 Å². The molecule has 1 atom stereocenters. The number of aromatic nitrogens is 1. The molecule has 0 radical (unpaired) electrons. The molecular weight excluding hydrogens is 420 g/mol. The van der Waals surface area contributed by atoms with Crippen molar-refractivity contribution in [1.29, 1.82) is 5.41 Å². The van der Waals surface area contributed by atoms with Gasteiger partial charge in [0, 0.05) is 67.1 Å². The summed E-state index contributed by atoms with van der Waals surface area (Å²) in [5, 5.41) is 19.3. The molecule has 1 aliphatic rings. The summed E-state index contributed by atoms with van der Waals surface area (Å²) in [6, 6.07) is 8.74. The second-order valence-corrected chi connectivity index (χ2v) is 9.80. The molecule has 1 aromatic heterocycles. The van der Waals surface area contributed by atoms with E-state index in [1.807, 2.05) is 23.2 Å². The smallest absolute Gasteiger partial charge is 0.323 e. The summed E-state index contributed by atoms with van der Waals surface area (Å²) in [6.07, 6.45) is 5.79. The van der Waals surface area contributed by atoms with Gasteiger partial charge < -0.3 is 15.2 Å². The Morgan fingerprint density at radius 3 is 2.66 bits per heavy atom. The third kappa shape index (κ3) is 6.36. The molecule has 0 saturated carbocycles. The number of amidine groups is 1. The summed E-state index contributed by atoms with van der Waals surface area (Å²) in [5.41, 5.74) is 2.31. The predicted octanol–water partition coefficient (Wildman–Crippen LogP) is 2.24. The van der Waals surface area contributed by atoms with Crippen LogP contribution < -0.4 is 10.7 Å². The number of carbonyl (C=O) groups is 1. The maximum Gasteiger partial charge on any atom is 0.323 e. The molecule has 0 spiro atoms. The second kappa shape index (κ2) is 11.5. The number of amides is 1. The van der Waals surface area contributed by atoms with Crippen molar-refractivity contribution in [3.8, 4) is 0 Å². The summed E-state index contributed by atoms with van der Waals surface area (Å²) in [6.45, 7) is 9.97. The minimum Gasteiger partial charge on any atom is -0.361 e. The third-order valence-corrected chi connectivity index (χ3v) is 7.00. The second-order valence-electron chi connectivity index (χ2n) is 8.76. The van der Waals surface area contributed by atoms with E-state index in [1.54, 1.807) is 0 Å². The molecule has 0 aliphatic carbocycles. The number of thioether (sulfide) groups is 1. The number of para-hydroxylation sites is 1. The number of hydrogen-bond acceptors (Lipinski definition) is 4. The van der Waals surface area contributed by atoms with E-state index >= 15 is 0 Å². The first-order chi connectivity index (χ1) is 15.4. The highest BCUT2D eigenvalue weighted by Crippen LogP contribution is 2.21. The van der Waals surface area contributed by atoms with Crippen LogP contribution in [0.15, 0.2) is 30.5 Å². The van der Waals surface area contributed by atoms with Gasteiger partial charge in [0.2, 0.25) is 0 Å². The number of benzene rings is 1. The van der Waals surface area contributed by atoms with Gasteiger partial charge in [-0.15, -0.1) is 0 Å². The first-order valence-corrected chi connectivity index (χ1v) is 12.4. The van der Waals surface area contributed by atoms with Crippen molar-refractivity contribution in [2.45, 2.75) is 58.5 Å². The quantitative estimate of drug-likeness (QED) is 0.378. The maximum absolute atomic E-state index is 12.8. The molecular formula is C24H37N6OS+. The Morgan fingerprint density at radius 1 is 1.25 bits per heavy atom. The zero-order chi connectivity index (χ0) is 23.1. The number of nitrogens with one attached hydrogen (secondary N) is 3. The Hall–Kier alpha value is -2.32. The van der Waals surface area contributed by atoms with Crippen molar-refractivity contribution in [3.05, 3.63) is 36.0 Å². The van der Waals surface area contributed by atoms with Crippen LogP contribution in [0.5, 0.6) is 0 Å². The van der Waals surface area contributed by atoms with Crippen LogP contribution >= 0.6 is 11.8 Å². The molecule has 1 aromatic carbocycles. The molecule has 0 bridgehead atoms. The van der Waals surface area contributed by atoms with E-state index in [4.69, 9.17) is 10.8 Å². The van der Waals surface area contributed by atoms with Gasteiger partial charge in [0.1, 0.15) is 0 Å². The Kier molecular flexibility index (Phi) is 8.75. The van der Waals surface area contributed by atoms with Crippen LogP contribution in [-0.4, -0.2) is 69.2 Å². The lowest BCUT2D eigenvalue weighted by Gasteiger charge is -2.37. The number of hydrogen-bond donors (Lipinski definition) is 4. The lowest BCUT2D eigenvalue weighted by Crippen LogP contribution is -2.53. The molecule has 1 saturated heterocycles. The molecule has 2 heterocycles. The zero-order valence-corrected chi connectivity index (χ0v) is 20.3. The van der Waals surface area contributed by atoms with Gasteiger partial charge >= 0.3 is 11.0 Å². The zero-order valence-electron chi connectivity index (χ0n) is 19.5. The number of aromatic amines is 1. The Balaban J connectivity index is 1.55. The molecule has 1 amide bonds. The Labute approximate surface area is 195 Å². The molecule has 5 N–H and O–H groups in total. The Bertz CT molecular complexity index is 931. The number of nitrogens with two attached hydrogens (primary N) is 1. The van der Waals surface area contributed by atoms with Crippen molar-refractivity contribution in [1.82, 2.24) is 20.1 Å². The van der Waals surface area contributed by atoms with Crippen LogP contribution in [0.2, 0.25) is 0 Å². The van der Waals surface area contributed by atoms with Gasteiger partial charge in [-0.1, -0.05) is 38.0 Å². The van der Waals surface area contributed by atoms with Crippen molar-refractivity contribution in [2.24, 2.45) is 0 Å². The van der Waals surface area contributed by atoms with E-state index in [-0.39, 0.29) is 17.0 Å². The normalized spacial score (nSPS) is 15.8. The highest BCUT2D eigenvalue weighted by Gasteiger charge is 2.27. The summed E-state index contributed by atoms with van der Waals surface area (Å²) in [5.74, 6) is -0.276. The van der Waals surface area contributed by atoms with Crippen LogP contribution in [0.3, 0.4) is 0 Å². The molecule has 7 nitrogen and oxygen atoms in total. The highest BCUT2D eigenvalue weighted by atomic mass is 32.2. The third-order valence-electron chi connectivity index (χ3n) is 6.14. The van der Waals surface area contributed by atoms with E-state index in [0.29, 0.717) is 11.2 Å². The van der Waals surface area contributed by atoms with Crippen molar-refractivity contribution >= 4 is 38.8 Å². The van der Waals surface area contributed by atoms with Gasteiger partial charge in [-0.2, -0.15) is 0 Å². The standard InChI is InChI=1S/C24H36N6OS/c1-4-5-8-19(15-18-16-27-21-10-7-6-9-20(18)21)28-23(31)22(25)32-24(26)30-13-11-29(12-14-30)17(2)3/h6-7,9-10,16-17,19,25-27H,4-5,8,11-15H2,1-3H3,(H,28,31)/p+1. The lowest BCUT2D eigenvalue weighted by molar-refractivity contribution is -0.133. The number of nitrogens with zero attached hydrogens (tertiary/aromatic N) is 2. The predicted molar refractivity (Wildman–Crippen MR) is 134 cm³/mol. The van der Waals surface area contributed by atoms with Crippen LogP contribution in [0.1, 0.15) is 45.6 Å². The summed E-state index contributed by atoms with van der Waals surface area (Å²) < 4.78 is 0. The van der Waals surface area contributed by atoms with E-state index < -0.39 is 0 Å². The van der Waals surface area contributed by atoms with Gasteiger partial charge in [0.15, 0.2) is 5.17 Å². The largest absolute Gasteiger partial charge is 0.361 e. The average molecular weight is 458 g/mol. The number of carbonyl (C=O) groups excluding carboxylic acids is 1. The van der Waals surface area contributed by atoms with Crippen LogP contribution in [0, 0.1) is 5.41 Å². The van der Waals surface area contributed by atoms with E-state index in [2.05, 4.69) is 48.1 Å². The minimum absolute atomic E-state index is 0.00424. The van der Waals surface area contributed by atoms with Crippen LogP contribution in [-0.2, 0) is 11.2 Å². The monoisotopic (exact) mass is 457 g/mol. The topological polar surface area (TPSA) is 101 Å². The van der Waals surface area contributed by atoms with Crippen molar-refractivity contribution in [2.75, 3.05) is 26.2 Å². The fraction of sp³-hybridized carbons (Fsp3) is 0.542. The van der Waals surface area contributed by atoms with Crippen molar-refractivity contribution < 1.29 is 10.2 Å². The van der Waals surface area contributed by atoms with Gasteiger partial charge in [-0.25, -0.2) is 5.41 Å². The summed E-state index contributed by atoms with van der Waals surface area (Å²) in [4.78, 5) is 20.6.